The van der Waals surface area contributed by atoms with E-state index in [0.29, 0.717) is 40.8 Å². The number of benzene rings is 4. The summed E-state index contributed by atoms with van der Waals surface area (Å²) in [6.07, 6.45) is 0.774. The molecule has 0 saturated carbocycles. The molecule has 9 nitrogen and oxygen atoms in total. The molecule has 0 saturated heterocycles. The Morgan fingerprint density at radius 2 is 1.78 bits per heavy atom. The smallest absolute Gasteiger partial charge is 0.344 e. The zero-order valence-corrected chi connectivity index (χ0v) is 27.3. The fourth-order valence-electron chi connectivity index (χ4n) is 4.57. The number of nitrogens with zero attached hydrogens (tertiary/aromatic N) is 1. The number of hydrogen-bond donors (Lipinski definition) is 1. The third-order valence-electron chi connectivity index (χ3n) is 6.79. The maximum Gasteiger partial charge on any atom is 0.344 e. The van der Waals surface area contributed by atoms with Gasteiger partial charge in [-0.1, -0.05) is 35.9 Å². The van der Waals surface area contributed by atoms with Gasteiger partial charge in [0.05, 0.1) is 28.7 Å². The second kappa shape index (κ2) is 15.3. The third kappa shape index (κ3) is 8.90. The first-order valence-corrected chi connectivity index (χ1v) is 17.5. The number of carbonyl (C=O) groups is 2. The number of aromatic nitrogens is 1. The van der Waals surface area contributed by atoms with Gasteiger partial charge < -0.3 is 19.2 Å². The van der Waals surface area contributed by atoms with Gasteiger partial charge in [0.15, 0.2) is 22.0 Å². The maximum atomic E-state index is 13.4. The molecule has 46 heavy (non-hydrogen) atoms. The number of fused-ring (bicyclic) bond motifs is 1. The molecule has 1 amide bonds. The van der Waals surface area contributed by atoms with Crippen molar-refractivity contribution >= 4 is 61.9 Å². The summed E-state index contributed by atoms with van der Waals surface area (Å²) in [7, 11) is -3.49. The summed E-state index contributed by atoms with van der Waals surface area (Å²) in [5.74, 6) is 0.364. The van der Waals surface area contributed by atoms with Gasteiger partial charge in [0.1, 0.15) is 11.3 Å². The minimum atomic E-state index is -3.49. The molecule has 0 aliphatic carbocycles. The molecule has 12 heteroatoms. The molecule has 5 aromatic rings. The first kappa shape index (κ1) is 33.1. The second-order valence-corrected chi connectivity index (χ2v) is 13.7. The Bertz CT molecular complexity index is 1910. The molecule has 0 aliphatic rings. The van der Waals surface area contributed by atoms with E-state index in [1.165, 1.54) is 23.9 Å². The number of thioether (sulfide) groups is 1. The molecule has 5 rings (SSSR count). The van der Waals surface area contributed by atoms with Gasteiger partial charge in [0.2, 0.25) is 5.89 Å². The number of carbonyl (C=O) groups excluding carboxylic acids is 2. The predicted octanol–water partition coefficient (Wildman–Crippen LogP) is 7.37. The van der Waals surface area contributed by atoms with Crippen molar-refractivity contribution in [3.05, 3.63) is 113 Å². The lowest BCUT2D eigenvalue weighted by Crippen LogP contribution is -2.17. The monoisotopic (exact) mass is 678 g/mol. The van der Waals surface area contributed by atoms with Crippen LogP contribution in [-0.2, 0) is 31.5 Å². The van der Waals surface area contributed by atoms with Crippen LogP contribution in [0.25, 0.3) is 11.1 Å². The standard InChI is InChI=1S/C34H31ClN2O7S2/c1-2-42-33(38)21-43-30-17-12-23(7-6-18-46(40,41)27-15-13-25(35)14-16-27)19-29(30)37-34(39)24-8-5-9-26(20-24)45-22-32-36-28-10-3-4-11-31(28)44-32/h3-5,8-17,19-20H,2,6-7,18,21-22H2,1H3,(H,37,39). The van der Waals surface area contributed by atoms with Crippen molar-refractivity contribution in [2.75, 3.05) is 24.3 Å². The molecule has 0 bridgehead atoms. The van der Waals surface area contributed by atoms with Gasteiger partial charge in [-0.2, -0.15) is 0 Å². The largest absolute Gasteiger partial charge is 0.480 e. The van der Waals surface area contributed by atoms with Gasteiger partial charge >= 0.3 is 5.97 Å². The van der Waals surface area contributed by atoms with E-state index in [2.05, 4.69) is 10.3 Å². The molecule has 238 valence electrons. The summed E-state index contributed by atoms with van der Waals surface area (Å²) in [6, 6.07) is 25.9. The average molecular weight is 679 g/mol. The number of anilines is 1. The Hall–Kier alpha value is -4.32. The van der Waals surface area contributed by atoms with Crippen molar-refractivity contribution in [3.8, 4) is 5.75 Å². The lowest BCUT2D eigenvalue weighted by atomic mass is 10.1. The Labute approximate surface area is 276 Å². The van der Waals surface area contributed by atoms with Gasteiger partial charge in [0.25, 0.3) is 5.91 Å². The number of ether oxygens (including phenoxy) is 2. The van der Waals surface area contributed by atoms with Crippen LogP contribution in [0.2, 0.25) is 5.02 Å². The minimum absolute atomic E-state index is 0.0640. The molecule has 0 unspecified atom stereocenters. The molecule has 0 atom stereocenters. The fraction of sp³-hybridized carbons (Fsp3) is 0.206. The number of hydrogen-bond acceptors (Lipinski definition) is 9. The SMILES string of the molecule is CCOC(=O)COc1ccc(CCCS(=O)(=O)c2ccc(Cl)cc2)cc1NC(=O)c1cccc(SCc2nc3ccccc3o2)c1. The summed E-state index contributed by atoms with van der Waals surface area (Å²) in [5, 5.41) is 3.35. The van der Waals surface area contributed by atoms with Crippen LogP contribution in [0, 0.1) is 0 Å². The molecule has 1 heterocycles. The third-order valence-corrected chi connectivity index (χ3v) is 9.84. The Kier molecular flexibility index (Phi) is 11.0. The molecular weight excluding hydrogens is 648 g/mol. The van der Waals surface area contributed by atoms with Crippen LogP contribution in [0.1, 0.15) is 35.2 Å². The summed E-state index contributed by atoms with van der Waals surface area (Å²) in [4.78, 5) is 30.9. The quantitative estimate of drug-likeness (QED) is 0.0946. The van der Waals surface area contributed by atoms with Crippen LogP contribution in [-0.4, -0.2) is 44.2 Å². The van der Waals surface area contributed by atoms with E-state index in [-0.39, 0.29) is 35.5 Å². The highest BCUT2D eigenvalue weighted by molar-refractivity contribution is 7.98. The first-order valence-electron chi connectivity index (χ1n) is 14.5. The van der Waals surface area contributed by atoms with E-state index in [9.17, 15) is 18.0 Å². The van der Waals surface area contributed by atoms with Gasteiger partial charge in [-0.3, -0.25) is 4.79 Å². The molecule has 0 fully saturated rings. The molecular formula is C34H31ClN2O7S2. The summed E-state index contributed by atoms with van der Waals surface area (Å²) in [6.45, 7) is 1.58. The lowest BCUT2D eigenvalue weighted by Gasteiger charge is -2.14. The van der Waals surface area contributed by atoms with Crippen LogP contribution in [0.15, 0.2) is 105 Å². The van der Waals surface area contributed by atoms with Gasteiger partial charge in [-0.05, 0) is 92.1 Å². The van der Waals surface area contributed by atoms with Crippen molar-refractivity contribution in [3.63, 3.8) is 0 Å². The predicted molar refractivity (Wildman–Crippen MR) is 178 cm³/mol. The van der Waals surface area contributed by atoms with E-state index in [1.807, 2.05) is 30.3 Å². The summed E-state index contributed by atoms with van der Waals surface area (Å²) >= 11 is 7.38. The van der Waals surface area contributed by atoms with E-state index in [4.69, 9.17) is 25.5 Å². The number of halogens is 1. The van der Waals surface area contributed by atoms with Crippen molar-refractivity contribution in [2.24, 2.45) is 0 Å². The highest BCUT2D eigenvalue weighted by Crippen LogP contribution is 2.29. The van der Waals surface area contributed by atoms with Crippen molar-refractivity contribution in [1.29, 1.82) is 0 Å². The molecule has 0 radical (unpaired) electrons. The number of rotatable bonds is 14. The normalized spacial score (nSPS) is 11.3. The Balaban J connectivity index is 1.27. The number of oxazole rings is 1. The fourth-order valence-corrected chi connectivity index (χ4v) is 6.81. The molecule has 0 spiro atoms. The second-order valence-electron chi connectivity index (χ2n) is 10.1. The molecule has 4 aromatic carbocycles. The number of sulfone groups is 1. The van der Waals surface area contributed by atoms with Crippen LogP contribution in [0.3, 0.4) is 0 Å². The van der Waals surface area contributed by atoms with Crippen molar-refractivity contribution in [1.82, 2.24) is 4.98 Å². The van der Waals surface area contributed by atoms with Gasteiger partial charge in [-0.25, -0.2) is 18.2 Å². The highest BCUT2D eigenvalue weighted by atomic mass is 35.5. The Morgan fingerprint density at radius 3 is 2.57 bits per heavy atom. The minimum Gasteiger partial charge on any atom is -0.480 e. The zero-order chi connectivity index (χ0) is 32.5. The van der Waals surface area contributed by atoms with Crippen LogP contribution in [0.5, 0.6) is 5.75 Å². The number of nitrogens with one attached hydrogen (secondary N) is 1. The maximum absolute atomic E-state index is 13.4. The molecule has 0 aliphatic heterocycles. The number of para-hydroxylation sites is 2. The van der Waals surface area contributed by atoms with E-state index in [0.717, 1.165) is 21.6 Å². The van der Waals surface area contributed by atoms with Crippen molar-refractivity contribution < 1.29 is 31.9 Å². The van der Waals surface area contributed by atoms with E-state index in [1.54, 1.807) is 55.5 Å². The zero-order valence-electron chi connectivity index (χ0n) is 24.9. The lowest BCUT2D eigenvalue weighted by molar-refractivity contribution is -0.145. The van der Waals surface area contributed by atoms with Gasteiger partial charge in [0, 0.05) is 15.5 Å². The number of amides is 1. The van der Waals surface area contributed by atoms with Crippen LogP contribution < -0.4 is 10.1 Å². The van der Waals surface area contributed by atoms with Crippen LogP contribution in [0.4, 0.5) is 5.69 Å². The van der Waals surface area contributed by atoms with E-state index < -0.39 is 15.8 Å². The topological polar surface area (TPSA) is 125 Å². The van der Waals surface area contributed by atoms with Gasteiger partial charge in [-0.15, -0.1) is 11.8 Å². The van der Waals surface area contributed by atoms with Crippen molar-refractivity contribution in [2.45, 2.75) is 35.3 Å². The Morgan fingerprint density at radius 1 is 0.978 bits per heavy atom. The molecule has 1 N–H and O–H groups in total. The van der Waals surface area contributed by atoms with Crippen LogP contribution >= 0.6 is 23.4 Å². The average Bonchev–Trinajstić information content (AvgIpc) is 3.47. The first-order chi connectivity index (χ1) is 22.2. The summed E-state index contributed by atoms with van der Waals surface area (Å²) in [5.41, 5.74) is 3.05. The summed E-state index contributed by atoms with van der Waals surface area (Å²) < 4.78 is 42.0. The number of aryl methyl sites for hydroxylation is 1. The molecule has 1 aromatic heterocycles. The number of esters is 1. The highest BCUT2D eigenvalue weighted by Gasteiger charge is 2.17. The van der Waals surface area contributed by atoms with E-state index >= 15 is 0 Å².